The Morgan fingerprint density at radius 2 is 1.95 bits per heavy atom. The van der Waals surface area contributed by atoms with Crippen molar-refractivity contribution in [3.05, 3.63) is 30.5 Å². The smallest absolute Gasteiger partial charge is 0.145 e. The first-order chi connectivity index (χ1) is 9.81. The van der Waals surface area contributed by atoms with Crippen molar-refractivity contribution >= 4 is 16.9 Å². The van der Waals surface area contributed by atoms with E-state index in [4.69, 9.17) is 0 Å². The van der Waals surface area contributed by atoms with Crippen LogP contribution in [0.4, 0.5) is 5.82 Å². The van der Waals surface area contributed by atoms with Gasteiger partial charge in [0.1, 0.15) is 5.82 Å². The molecule has 106 valence electrons. The summed E-state index contributed by atoms with van der Waals surface area (Å²) in [6, 6.07) is 7.97. The third-order valence-electron chi connectivity index (χ3n) is 4.06. The number of aromatic nitrogens is 2. The van der Waals surface area contributed by atoms with Crippen molar-refractivity contribution in [3.8, 4) is 0 Å². The van der Waals surface area contributed by atoms with Gasteiger partial charge in [-0.05, 0) is 44.0 Å². The van der Waals surface area contributed by atoms with E-state index < -0.39 is 0 Å². The van der Waals surface area contributed by atoms with E-state index in [0.717, 1.165) is 35.9 Å². The van der Waals surface area contributed by atoms with Gasteiger partial charge in [-0.1, -0.05) is 19.1 Å². The summed E-state index contributed by atoms with van der Waals surface area (Å²) in [4.78, 5) is 11.5. The lowest BCUT2D eigenvalue weighted by atomic mass is 9.99. The summed E-state index contributed by atoms with van der Waals surface area (Å²) in [6.07, 6.45) is 4.48. The number of anilines is 1. The van der Waals surface area contributed by atoms with E-state index in [9.17, 15) is 0 Å². The third kappa shape index (κ3) is 3.25. The fourth-order valence-corrected chi connectivity index (χ4v) is 2.67. The number of nitrogens with zero attached hydrogens (tertiary/aromatic N) is 3. The molecular weight excluding hydrogens is 248 g/mol. The molecular formula is C16H22N4. The van der Waals surface area contributed by atoms with Crippen molar-refractivity contribution < 1.29 is 0 Å². The quantitative estimate of drug-likeness (QED) is 0.927. The molecule has 4 heteroatoms. The Balaban J connectivity index is 1.52. The van der Waals surface area contributed by atoms with Gasteiger partial charge in [-0.2, -0.15) is 0 Å². The van der Waals surface area contributed by atoms with Crippen LogP contribution < -0.4 is 5.32 Å². The van der Waals surface area contributed by atoms with E-state index >= 15 is 0 Å². The monoisotopic (exact) mass is 270 g/mol. The maximum Gasteiger partial charge on any atom is 0.145 e. The molecule has 3 rings (SSSR count). The first kappa shape index (κ1) is 13.3. The van der Waals surface area contributed by atoms with E-state index in [1.807, 2.05) is 30.5 Å². The second-order valence-corrected chi connectivity index (χ2v) is 5.69. The first-order valence-electron chi connectivity index (χ1n) is 7.49. The zero-order valence-electron chi connectivity index (χ0n) is 12.0. The average molecular weight is 270 g/mol. The van der Waals surface area contributed by atoms with Gasteiger partial charge in [0, 0.05) is 13.1 Å². The van der Waals surface area contributed by atoms with Crippen LogP contribution in [0, 0.1) is 5.92 Å². The molecule has 1 aromatic heterocycles. The number of likely N-dealkylation sites (tertiary alicyclic amines) is 1. The van der Waals surface area contributed by atoms with E-state index in [-0.39, 0.29) is 0 Å². The number of para-hydroxylation sites is 2. The van der Waals surface area contributed by atoms with Crippen LogP contribution in [0.5, 0.6) is 0 Å². The highest BCUT2D eigenvalue weighted by Gasteiger charge is 2.14. The van der Waals surface area contributed by atoms with Crippen molar-refractivity contribution in [2.75, 3.05) is 31.5 Å². The lowest BCUT2D eigenvalue weighted by molar-refractivity contribution is 0.199. The molecule has 1 saturated heterocycles. The fourth-order valence-electron chi connectivity index (χ4n) is 2.67. The molecule has 1 fully saturated rings. The van der Waals surface area contributed by atoms with Crippen molar-refractivity contribution in [2.45, 2.75) is 19.8 Å². The first-order valence-corrected chi connectivity index (χ1v) is 7.49. The summed E-state index contributed by atoms with van der Waals surface area (Å²) in [6.45, 7) is 6.82. The topological polar surface area (TPSA) is 41.0 Å². The van der Waals surface area contributed by atoms with Gasteiger partial charge in [-0.3, -0.25) is 4.98 Å². The summed E-state index contributed by atoms with van der Waals surface area (Å²) >= 11 is 0. The molecule has 1 aromatic carbocycles. The lowest BCUT2D eigenvalue weighted by Crippen LogP contribution is -2.36. The van der Waals surface area contributed by atoms with Crippen LogP contribution in [-0.2, 0) is 0 Å². The van der Waals surface area contributed by atoms with Crippen LogP contribution in [0.15, 0.2) is 30.5 Å². The van der Waals surface area contributed by atoms with Gasteiger partial charge in [0.05, 0.1) is 17.2 Å². The number of hydrogen-bond donors (Lipinski definition) is 1. The summed E-state index contributed by atoms with van der Waals surface area (Å²) in [5.41, 5.74) is 1.90. The number of piperidine rings is 1. The van der Waals surface area contributed by atoms with Gasteiger partial charge in [-0.25, -0.2) is 4.98 Å². The fraction of sp³-hybridized carbons (Fsp3) is 0.500. The minimum absolute atomic E-state index is 0.870. The Morgan fingerprint density at radius 3 is 2.75 bits per heavy atom. The normalized spacial score (nSPS) is 17.4. The van der Waals surface area contributed by atoms with Crippen LogP contribution in [-0.4, -0.2) is 41.0 Å². The molecule has 0 bridgehead atoms. The van der Waals surface area contributed by atoms with Crippen LogP contribution >= 0.6 is 0 Å². The number of benzene rings is 1. The Morgan fingerprint density at radius 1 is 1.20 bits per heavy atom. The number of rotatable bonds is 4. The maximum absolute atomic E-state index is 4.58. The molecule has 0 spiro atoms. The van der Waals surface area contributed by atoms with Gasteiger partial charge in [-0.15, -0.1) is 0 Å². The van der Waals surface area contributed by atoms with Gasteiger partial charge in [0.25, 0.3) is 0 Å². The lowest BCUT2D eigenvalue weighted by Gasteiger charge is -2.30. The number of fused-ring (bicyclic) bond motifs is 1. The minimum Gasteiger partial charge on any atom is -0.367 e. The van der Waals surface area contributed by atoms with Gasteiger partial charge >= 0.3 is 0 Å². The minimum atomic E-state index is 0.870. The van der Waals surface area contributed by atoms with E-state index in [1.54, 1.807) is 0 Å². The predicted molar refractivity (Wildman–Crippen MR) is 82.9 cm³/mol. The van der Waals surface area contributed by atoms with Crippen LogP contribution in [0.2, 0.25) is 0 Å². The molecule has 0 amide bonds. The van der Waals surface area contributed by atoms with Gasteiger partial charge in [0.15, 0.2) is 0 Å². The predicted octanol–water partition coefficient (Wildman–Crippen LogP) is 2.77. The molecule has 1 N–H and O–H groups in total. The largest absolute Gasteiger partial charge is 0.367 e. The molecule has 0 saturated carbocycles. The number of hydrogen-bond acceptors (Lipinski definition) is 4. The molecule has 1 aliphatic heterocycles. The third-order valence-corrected chi connectivity index (χ3v) is 4.06. The van der Waals surface area contributed by atoms with Crippen molar-refractivity contribution in [3.63, 3.8) is 0 Å². The second-order valence-electron chi connectivity index (χ2n) is 5.69. The molecule has 20 heavy (non-hydrogen) atoms. The Hall–Kier alpha value is -1.68. The van der Waals surface area contributed by atoms with Crippen LogP contribution in [0.1, 0.15) is 19.8 Å². The standard InChI is InChI=1S/C16H22N4/c1-13-6-9-20(10-7-13)11-8-17-16-12-18-14-4-2-3-5-15(14)19-16/h2-5,12-13H,6-11H2,1H3,(H,17,19). The molecule has 1 aliphatic rings. The average Bonchev–Trinajstić information content (AvgIpc) is 2.49. The molecule has 0 radical (unpaired) electrons. The van der Waals surface area contributed by atoms with E-state index in [2.05, 4.69) is 27.1 Å². The Labute approximate surface area is 120 Å². The highest BCUT2D eigenvalue weighted by molar-refractivity contribution is 5.75. The zero-order valence-corrected chi connectivity index (χ0v) is 12.0. The summed E-state index contributed by atoms with van der Waals surface area (Å²) in [5.74, 6) is 1.76. The van der Waals surface area contributed by atoms with Crippen molar-refractivity contribution in [1.82, 2.24) is 14.9 Å². The van der Waals surface area contributed by atoms with E-state index in [0.29, 0.717) is 0 Å². The van der Waals surface area contributed by atoms with Crippen LogP contribution in [0.3, 0.4) is 0 Å². The SMILES string of the molecule is CC1CCN(CCNc2cnc3ccccc3n2)CC1. The molecule has 4 nitrogen and oxygen atoms in total. The Bertz CT molecular complexity index is 561. The molecule has 0 unspecified atom stereocenters. The summed E-state index contributed by atoms with van der Waals surface area (Å²) < 4.78 is 0. The highest BCUT2D eigenvalue weighted by atomic mass is 15.1. The number of nitrogens with one attached hydrogen (secondary N) is 1. The van der Waals surface area contributed by atoms with Gasteiger partial charge < -0.3 is 10.2 Å². The zero-order chi connectivity index (χ0) is 13.8. The summed E-state index contributed by atoms with van der Waals surface area (Å²) in [5, 5.41) is 3.38. The summed E-state index contributed by atoms with van der Waals surface area (Å²) in [7, 11) is 0. The van der Waals surface area contributed by atoms with Crippen LogP contribution in [0.25, 0.3) is 11.0 Å². The Kier molecular flexibility index (Phi) is 4.11. The molecule has 0 atom stereocenters. The van der Waals surface area contributed by atoms with E-state index in [1.165, 1.54) is 25.9 Å². The van der Waals surface area contributed by atoms with Crippen molar-refractivity contribution in [2.24, 2.45) is 5.92 Å². The molecule has 0 aliphatic carbocycles. The van der Waals surface area contributed by atoms with Crippen molar-refractivity contribution in [1.29, 1.82) is 0 Å². The second kappa shape index (κ2) is 6.18. The molecule has 2 aromatic rings. The molecule has 2 heterocycles. The highest BCUT2D eigenvalue weighted by Crippen LogP contribution is 2.15. The van der Waals surface area contributed by atoms with Gasteiger partial charge in [0.2, 0.25) is 0 Å². The maximum atomic E-state index is 4.58.